The second-order valence-corrected chi connectivity index (χ2v) is 5.40. The first kappa shape index (κ1) is 12.8. The Labute approximate surface area is 113 Å². The minimum absolute atomic E-state index is 0.621. The zero-order chi connectivity index (χ0) is 12.3. The van der Waals surface area contributed by atoms with Crippen molar-refractivity contribution in [2.45, 2.75) is 32.1 Å². The molecule has 0 atom stereocenters. The second kappa shape index (κ2) is 5.83. The summed E-state index contributed by atoms with van der Waals surface area (Å²) in [4.78, 5) is 2.29. The molecular weight excluding hydrogens is 255 g/mol. The highest BCUT2D eigenvalue weighted by atomic mass is 35.5. The molecule has 1 aromatic carbocycles. The summed E-state index contributed by atoms with van der Waals surface area (Å²) in [6, 6.07) is 3.56. The Morgan fingerprint density at radius 2 is 1.35 bits per heavy atom. The van der Waals surface area contributed by atoms with Crippen LogP contribution in [0.1, 0.15) is 32.1 Å². The normalized spacial score (nSPS) is 17.6. The maximum atomic E-state index is 6.26. The van der Waals surface area contributed by atoms with Gasteiger partial charge in [0.05, 0.1) is 15.7 Å². The standard InChI is InChI=1S/C13H18Cl2N2/c14-11-8-10(16)9-12(15)13(11)17-6-4-2-1-3-5-7-17/h8-9H,1-7,16H2. The number of nitrogens with zero attached hydrogens (tertiary/aromatic N) is 1. The minimum Gasteiger partial charge on any atom is -0.399 e. The van der Waals surface area contributed by atoms with Gasteiger partial charge in [-0.3, -0.25) is 0 Å². The molecule has 2 N–H and O–H groups in total. The molecule has 1 aliphatic heterocycles. The van der Waals surface area contributed by atoms with Crippen LogP contribution >= 0.6 is 23.2 Å². The number of nitrogens with two attached hydrogens (primary N) is 1. The molecule has 1 aromatic rings. The molecule has 94 valence electrons. The van der Waals surface area contributed by atoms with Crippen molar-refractivity contribution in [2.75, 3.05) is 23.7 Å². The predicted molar refractivity (Wildman–Crippen MR) is 76.2 cm³/mol. The summed E-state index contributed by atoms with van der Waals surface area (Å²) in [7, 11) is 0. The van der Waals surface area contributed by atoms with E-state index in [-0.39, 0.29) is 0 Å². The van der Waals surface area contributed by atoms with Gasteiger partial charge in [-0.15, -0.1) is 0 Å². The number of nitrogen functional groups attached to an aromatic ring is 1. The van der Waals surface area contributed by atoms with Crippen molar-refractivity contribution in [3.63, 3.8) is 0 Å². The van der Waals surface area contributed by atoms with Crippen LogP contribution in [-0.2, 0) is 0 Å². The first-order valence-corrected chi connectivity index (χ1v) is 6.93. The van der Waals surface area contributed by atoms with Crippen LogP contribution in [0.4, 0.5) is 11.4 Å². The van der Waals surface area contributed by atoms with Crippen LogP contribution in [0.2, 0.25) is 10.0 Å². The van der Waals surface area contributed by atoms with Gasteiger partial charge in [-0.1, -0.05) is 42.5 Å². The van der Waals surface area contributed by atoms with Crippen molar-refractivity contribution < 1.29 is 0 Å². The monoisotopic (exact) mass is 272 g/mol. The van der Waals surface area contributed by atoms with E-state index in [0.29, 0.717) is 15.7 Å². The van der Waals surface area contributed by atoms with Gasteiger partial charge in [0.25, 0.3) is 0 Å². The van der Waals surface area contributed by atoms with Crippen LogP contribution in [0.3, 0.4) is 0 Å². The van der Waals surface area contributed by atoms with Crippen LogP contribution in [0.15, 0.2) is 12.1 Å². The van der Waals surface area contributed by atoms with E-state index in [9.17, 15) is 0 Å². The fourth-order valence-corrected chi connectivity index (χ4v) is 3.10. The molecule has 2 rings (SSSR count). The second-order valence-electron chi connectivity index (χ2n) is 4.59. The molecule has 4 heteroatoms. The van der Waals surface area contributed by atoms with E-state index in [0.717, 1.165) is 18.8 Å². The minimum atomic E-state index is 0.621. The number of hydrogen-bond acceptors (Lipinski definition) is 2. The summed E-state index contributed by atoms with van der Waals surface area (Å²) in [5.41, 5.74) is 7.30. The van der Waals surface area contributed by atoms with Gasteiger partial charge < -0.3 is 10.6 Å². The molecule has 0 amide bonds. The Kier molecular flexibility index (Phi) is 4.41. The highest BCUT2D eigenvalue weighted by Gasteiger charge is 2.16. The van der Waals surface area contributed by atoms with Crippen LogP contribution < -0.4 is 10.6 Å². The summed E-state index contributed by atoms with van der Waals surface area (Å²) in [5, 5.41) is 1.33. The maximum Gasteiger partial charge on any atom is 0.0746 e. The highest BCUT2D eigenvalue weighted by molar-refractivity contribution is 6.39. The molecule has 0 aromatic heterocycles. The van der Waals surface area contributed by atoms with E-state index in [1.54, 1.807) is 12.1 Å². The molecule has 1 heterocycles. The Morgan fingerprint density at radius 3 is 1.88 bits per heavy atom. The van der Waals surface area contributed by atoms with Crippen LogP contribution in [-0.4, -0.2) is 13.1 Å². The molecule has 0 aliphatic carbocycles. The first-order valence-electron chi connectivity index (χ1n) is 6.18. The van der Waals surface area contributed by atoms with Crippen molar-refractivity contribution >= 4 is 34.6 Å². The lowest BCUT2D eigenvalue weighted by molar-refractivity contribution is 0.556. The molecular formula is C13H18Cl2N2. The lowest BCUT2D eigenvalue weighted by Crippen LogP contribution is -2.27. The number of benzene rings is 1. The third-order valence-electron chi connectivity index (χ3n) is 3.21. The van der Waals surface area contributed by atoms with Gasteiger partial charge in [-0.25, -0.2) is 0 Å². The fourth-order valence-electron chi connectivity index (χ4n) is 2.36. The van der Waals surface area contributed by atoms with Crippen molar-refractivity contribution in [1.82, 2.24) is 0 Å². The molecule has 17 heavy (non-hydrogen) atoms. The predicted octanol–water partition coefficient (Wildman–Crippen LogP) is 4.35. The summed E-state index contributed by atoms with van der Waals surface area (Å²) in [6.07, 6.45) is 6.34. The molecule has 1 saturated heterocycles. The largest absolute Gasteiger partial charge is 0.399 e. The van der Waals surface area contributed by atoms with Crippen molar-refractivity contribution in [2.24, 2.45) is 0 Å². The quantitative estimate of drug-likeness (QED) is 0.771. The number of rotatable bonds is 1. The number of anilines is 2. The summed E-state index contributed by atoms with van der Waals surface area (Å²) in [6.45, 7) is 2.06. The molecule has 0 spiro atoms. The zero-order valence-corrected chi connectivity index (χ0v) is 11.4. The van der Waals surface area contributed by atoms with Crippen molar-refractivity contribution in [1.29, 1.82) is 0 Å². The van der Waals surface area contributed by atoms with E-state index in [1.807, 2.05) is 0 Å². The van der Waals surface area contributed by atoms with Crippen LogP contribution in [0.25, 0.3) is 0 Å². The maximum absolute atomic E-state index is 6.26. The summed E-state index contributed by atoms with van der Waals surface area (Å²) in [5.74, 6) is 0. The Balaban J connectivity index is 2.24. The van der Waals surface area contributed by atoms with Gasteiger partial charge in [0.2, 0.25) is 0 Å². The molecule has 1 aliphatic rings. The van der Waals surface area contributed by atoms with Gasteiger partial charge in [-0.05, 0) is 25.0 Å². The number of halogens is 2. The highest BCUT2D eigenvalue weighted by Crippen LogP contribution is 2.36. The summed E-state index contributed by atoms with van der Waals surface area (Å²) < 4.78 is 0. The molecule has 0 bridgehead atoms. The van der Waals surface area contributed by atoms with Gasteiger partial charge >= 0.3 is 0 Å². The molecule has 2 nitrogen and oxygen atoms in total. The molecule has 0 saturated carbocycles. The lowest BCUT2D eigenvalue weighted by Gasteiger charge is -2.28. The average Bonchev–Trinajstić information content (AvgIpc) is 2.19. The van der Waals surface area contributed by atoms with Crippen molar-refractivity contribution in [3.8, 4) is 0 Å². The smallest absolute Gasteiger partial charge is 0.0746 e. The number of hydrogen-bond donors (Lipinski definition) is 1. The van der Waals surface area contributed by atoms with Crippen molar-refractivity contribution in [3.05, 3.63) is 22.2 Å². The summed E-state index contributed by atoms with van der Waals surface area (Å²) >= 11 is 12.5. The van der Waals surface area contributed by atoms with Gasteiger partial charge in [0, 0.05) is 18.8 Å². The average molecular weight is 273 g/mol. The van der Waals surface area contributed by atoms with E-state index >= 15 is 0 Å². The fraction of sp³-hybridized carbons (Fsp3) is 0.538. The Hall–Kier alpha value is -0.600. The van der Waals surface area contributed by atoms with Gasteiger partial charge in [-0.2, -0.15) is 0 Å². The first-order chi connectivity index (χ1) is 8.18. The molecule has 1 fully saturated rings. The van der Waals surface area contributed by atoms with Crippen LogP contribution in [0, 0.1) is 0 Å². The Bertz CT molecular complexity index is 362. The van der Waals surface area contributed by atoms with E-state index in [2.05, 4.69) is 4.90 Å². The van der Waals surface area contributed by atoms with E-state index in [1.165, 1.54) is 32.1 Å². The third-order valence-corrected chi connectivity index (χ3v) is 3.79. The molecule has 0 radical (unpaired) electrons. The van der Waals surface area contributed by atoms with Crippen LogP contribution in [0.5, 0.6) is 0 Å². The van der Waals surface area contributed by atoms with Gasteiger partial charge in [0.15, 0.2) is 0 Å². The van der Waals surface area contributed by atoms with E-state index in [4.69, 9.17) is 28.9 Å². The zero-order valence-electron chi connectivity index (χ0n) is 9.88. The topological polar surface area (TPSA) is 29.3 Å². The Morgan fingerprint density at radius 1 is 0.882 bits per heavy atom. The SMILES string of the molecule is Nc1cc(Cl)c(N2CCCCCCC2)c(Cl)c1. The van der Waals surface area contributed by atoms with E-state index < -0.39 is 0 Å². The third kappa shape index (κ3) is 3.20. The molecule has 0 unspecified atom stereocenters. The van der Waals surface area contributed by atoms with Gasteiger partial charge in [0.1, 0.15) is 0 Å². The lowest BCUT2D eigenvalue weighted by atomic mass is 10.1.